The lowest BCUT2D eigenvalue weighted by Gasteiger charge is -2.35. The highest BCUT2D eigenvalue weighted by Gasteiger charge is 2.24. The van der Waals surface area contributed by atoms with Crippen LogP contribution >= 0.6 is 22.9 Å². The smallest absolute Gasteiger partial charge is 0.266 e. The van der Waals surface area contributed by atoms with Crippen LogP contribution in [-0.2, 0) is 10.0 Å². The molecule has 2 heterocycles. The summed E-state index contributed by atoms with van der Waals surface area (Å²) in [7, 11) is -2.33. The van der Waals surface area contributed by atoms with Crippen LogP contribution in [0.25, 0.3) is 0 Å². The van der Waals surface area contributed by atoms with E-state index in [0.717, 1.165) is 31.5 Å². The Hall–Kier alpha value is -2.47. The third-order valence-corrected chi connectivity index (χ3v) is 7.65. The summed E-state index contributed by atoms with van der Waals surface area (Å²) in [5.41, 5.74) is 2.77. The second-order valence-electron chi connectivity index (χ2n) is 7.60. The van der Waals surface area contributed by atoms with Gasteiger partial charge in [-0.25, -0.2) is 22.2 Å². The molecule has 0 amide bonds. The summed E-state index contributed by atoms with van der Waals surface area (Å²) in [5, 5.41) is 7.77. The van der Waals surface area contributed by atoms with Crippen LogP contribution in [-0.4, -0.2) is 39.6 Å². The van der Waals surface area contributed by atoms with E-state index in [1.165, 1.54) is 34.4 Å². The predicted molar refractivity (Wildman–Crippen MR) is 128 cm³/mol. The number of piperidine rings is 1. The Morgan fingerprint density at radius 3 is 2.76 bits per heavy atom. The van der Waals surface area contributed by atoms with Gasteiger partial charge in [0.15, 0.2) is 5.82 Å². The molecule has 4 rings (SSSR count). The van der Waals surface area contributed by atoms with E-state index in [2.05, 4.69) is 25.2 Å². The molecule has 1 unspecified atom stereocenters. The second-order valence-corrected chi connectivity index (χ2v) is 10.4. The highest BCUT2D eigenvalue weighted by atomic mass is 35.5. The average Bonchev–Trinajstić information content (AvgIpc) is 3.29. The van der Waals surface area contributed by atoms with Crippen LogP contribution in [0.4, 0.5) is 31.7 Å². The molecular weight excluding hydrogens is 492 g/mol. The zero-order chi connectivity index (χ0) is 23.6. The van der Waals surface area contributed by atoms with Gasteiger partial charge in [-0.2, -0.15) is 0 Å². The van der Waals surface area contributed by atoms with E-state index >= 15 is 0 Å². The molecule has 3 aromatic rings. The van der Waals surface area contributed by atoms with E-state index in [0.29, 0.717) is 17.9 Å². The first-order valence-electron chi connectivity index (χ1n) is 10.2. The van der Waals surface area contributed by atoms with Gasteiger partial charge in [-0.15, -0.1) is 11.3 Å². The number of thiazole rings is 1. The van der Waals surface area contributed by atoms with E-state index in [-0.39, 0.29) is 22.6 Å². The summed E-state index contributed by atoms with van der Waals surface area (Å²) in [6, 6.07) is 6.59. The number of hydrogen-bond acceptors (Lipinski definition) is 7. The number of aromatic nitrogens is 1. The van der Waals surface area contributed by atoms with Crippen molar-refractivity contribution in [3.63, 3.8) is 0 Å². The van der Waals surface area contributed by atoms with Gasteiger partial charge in [-0.1, -0.05) is 11.6 Å². The minimum atomic E-state index is -4.22. The fraction of sp³-hybridized carbons (Fsp3) is 0.286. The lowest BCUT2D eigenvalue weighted by molar-refractivity contribution is 0.449. The van der Waals surface area contributed by atoms with Gasteiger partial charge < -0.3 is 15.5 Å². The zero-order valence-corrected chi connectivity index (χ0v) is 20.0. The Morgan fingerprint density at radius 2 is 2.03 bits per heavy atom. The van der Waals surface area contributed by atoms with E-state index in [1.807, 2.05) is 7.05 Å². The number of sulfonamides is 1. The Labute approximate surface area is 199 Å². The molecule has 1 saturated heterocycles. The summed E-state index contributed by atoms with van der Waals surface area (Å²) in [4.78, 5) is 5.30. The van der Waals surface area contributed by atoms with Crippen molar-refractivity contribution in [2.24, 2.45) is 0 Å². The summed E-state index contributed by atoms with van der Waals surface area (Å²) in [5.74, 6) is -1.29. The van der Waals surface area contributed by atoms with E-state index in [4.69, 9.17) is 11.6 Å². The van der Waals surface area contributed by atoms with Crippen LogP contribution in [0.15, 0.2) is 46.1 Å². The van der Waals surface area contributed by atoms with Gasteiger partial charge in [0.2, 0.25) is 0 Å². The van der Waals surface area contributed by atoms with Gasteiger partial charge >= 0.3 is 0 Å². The standard InChI is InChI=1S/C21H22ClF2N5O2S2/c1-25-14-3-2-6-29(10-14)19-7-13(23)4-5-17(19)27-18-9-16(24)20(8-15(18)22)33(30,31)28-21-11-32-12-26-21/h4-5,7-9,11-12,14,25,27-28H,2-3,6,10H2,1H3. The molecule has 0 bridgehead atoms. The maximum Gasteiger partial charge on any atom is 0.266 e. The van der Waals surface area contributed by atoms with Crippen LogP contribution < -0.4 is 20.3 Å². The Balaban J connectivity index is 1.63. The van der Waals surface area contributed by atoms with Crippen LogP contribution in [0.5, 0.6) is 0 Å². The monoisotopic (exact) mass is 513 g/mol. The molecular formula is C21H22ClF2N5O2S2. The molecule has 0 spiro atoms. The Bertz CT molecular complexity index is 1240. The van der Waals surface area contributed by atoms with Crippen molar-refractivity contribution >= 4 is 55.8 Å². The third kappa shape index (κ3) is 5.37. The number of anilines is 4. The minimum Gasteiger partial charge on any atom is -0.368 e. The normalized spacial score (nSPS) is 16.6. The predicted octanol–water partition coefficient (Wildman–Crippen LogP) is 4.81. The first kappa shape index (κ1) is 23.7. The van der Waals surface area contributed by atoms with Gasteiger partial charge in [-0.3, -0.25) is 4.72 Å². The molecule has 0 aliphatic carbocycles. The maximum atomic E-state index is 14.9. The summed E-state index contributed by atoms with van der Waals surface area (Å²) >= 11 is 7.52. The number of rotatable bonds is 7. The fourth-order valence-electron chi connectivity index (χ4n) is 3.73. The number of nitrogens with zero attached hydrogens (tertiary/aromatic N) is 2. The van der Waals surface area contributed by atoms with Crippen molar-refractivity contribution in [2.75, 3.05) is 35.1 Å². The number of likely N-dealkylation sites (N-methyl/N-ethyl adjacent to an activating group) is 1. The molecule has 1 aliphatic rings. The SMILES string of the molecule is CNC1CCCN(c2cc(F)ccc2Nc2cc(F)c(S(=O)(=O)Nc3cscn3)cc2Cl)C1. The fourth-order valence-corrected chi connectivity index (χ4v) is 5.65. The molecule has 3 N–H and O–H groups in total. The topological polar surface area (TPSA) is 86.4 Å². The second kappa shape index (κ2) is 9.80. The Morgan fingerprint density at radius 1 is 1.21 bits per heavy atom. The summed E-state index contributed by atoms with van der Waals surface area (Å²) < 4.78 is 56.3. The molecule has 1 atom stereocenters. The largest absolute Gasteiger partial charge is 0.368 e. The molecule has 2 aromatic carbocycles. The van der Waals surface area contributed by atoms with Crippen molar-refractivity contribution in [3.05, 3.63) is 57.9 Å². The molecule has 0 radical (unpaired) electrons. The van der Waals surface area contributed by atoms with Crippen molar-refractivity contribution in [1.82, 2.24) is 10.3 Å². The first-order valence-corrected chi connectivity index (χ1v) is 13.0. The van der Waals surface area contributed by atoms with Gasteiger partial charge in [-0.05, 0) is 44.2 Å². The van der Waals surface area contributed by atoms with Crippen molar-refractivity contribution in [1.29, 1.82) is 0 Å². The molecule has 12 heteroatoms. The van der Waals surface area contributed by atoms with Crippen LogP contribution in [0, 0.1) is 11.6 Å². The van der Waals surface area contributed by atoms with E-state index in [9.17, 15) is 17.2 Å². The zero-order valence-electron chi connectivity index (χ0n) is 17.6. The minimum absolute atomic E-state index is 0.00271. The van der Waals surface area contributed by atoms with Gasteiger partial charge in [0, 0.05) is 30.6 Å². The Kier molecular flexibility index (Phi) is 7.03. The summed E-state index contributed by atoms with van der Waals surface area (Å²) in [6.07, 6.45) is 1.96. The van der Waals surface area contributed by atoms with Gasteiger partial charge in [0.05, 0.1) is 27.6 Å². The third-order valence-electron chi connectivity index (χ3n) is 5.38. The lowest BCUT2D eigenvalue weighted by atomic mass is 10.0. The quantitative estimate of drug-likeness (QED) is 0.420. The van der Waals surface area contributed by atoms with Crippen molar-refractivity contribution in [2.45, 2.75) is 23.8 Å². The number of hydrogen-bond donors (Lipinski definition) is 3. The lowest BCUT2D eigenvalue weighted by Crippen LogP contribution is -2.44. The molecule has 33 heavy (non-hydrogen) atoms. The average molecular weight is 514 g/mol. The number of halogens is 3. The first-order chi connectivity index (χ1) is 15.8. The van der Waals surface area contributed by atoms with Gasteiger partial charge in [0.1, 0.15) is 16.5 Å². The van der Waals surface area contributed by atoms with E-state index in [1.54, 1.807) is 6.07 Å². The highest BCUT2D eigenvalue weighted by molar-refractivity contribution is 7.92. The molecule has 0 saturated carbocycles. The van der Waals surface area contributed by atoms with Gasteiger partial charge in [0.25, 0.3) is 10.0 Å². The highest BCUT2D eigenvalue weighted by Crippen LogP contribution is 2.36. The van der Waals surface area contributed by atoms with Crippen molar-refractivity contribution < 1.29 is 17.2 Å². The van der Waals surface area contributed by atoms with E-state index < -0.39 is 26.6 Å². The molecule has 176 valence electrons. The molecule has 1 fully saturated rings. The summed E-state index contributed by atoms with van der Waals surface area (Å²) in [6.45, 7) is 1.44. The molecule has 7 nitrogen and oxygen atoms in total. The molecule has 1 aliphatic heterocycles. The molecule has 1 aromatic heterocycles. The number of benzene rings is 2. The maximum absolute atomic E-state index is 14.9. The number of nitrogens with one attached hydrogen (secondary N) is 3. The van der Waals surface area contributed by atoms with Crippen LogP contribution in [0.1, 0.15) is 12.8 Å². The van der Waals surface area contributed by atoms with Crippen LogP contribution in [0.3, 0.4) is 0 Å². The van der Waals surface area contributed by atoms with Crippen LogP contribution in [0.2, 0.25) is 5.02 Å². The van der Waals surface area contributed by atoms with Crippen molar-refractivity contribution in [3.8, 4) is 0 Å².